The molecule has 16 heavy (non-hydrogen) atoms. The van der Waals surface area contributed by atoms with Crippen molar-refractivity contribution in [2.75, 3.05) is 7.11 Å². The number of benzene rings is 1. The van der Waals surface area contributed by atoms with Crippen LogP contribution in [0.4, 0.5) is 0 Å². The minimum absolute atomic E-state index is 0.398. The van der Waals surface area contributed by atoms with Gasteiger partial charge in [-0.15, -0.1) is 0 Å². The fraction of sp³-hybridized carbons (Fsp3) is 0.462. The van der Waals surface area contributed by atoms with Crippen molar-refractivity contribution >= 4 is 5.97 Å². The zero-order chi connectivity index (χ0) is 11.8. The van der Waals surface area contributed by atoms with Crippen molar-refractivity contribution in [2.45, 2.75) is 31.7 Å². The van der Waals surface area contributed by atoms with Gasteiger partial charge >= 0.3 is 5.97 Å². The molecule has 1 aromatic rings. The fourth-order valence-electron chi connectivity index (χ4n) is 2.22. The summed E-state index contributed by atoms with van der Waals surface area (Å²) in [6.45, 7) is 1.69. The molecule has 2 N–H and O–H groups in total. The number of hydrogen-bond donors (Lipinski definition) is 1. The second-order valence-electron chi connectivity index (χ2n) is 4.53. The van der Waals surface area contributed by atoms with Gasteiger partial charge in [-0.2, -0.15) is 0 Å². The quantitative estimate of drug-likeness (QED) is 0.767. The summed E-state index contributed by atoms with van der Waals surface area (Å²) >= 11 is 0. The van der Waals surface area contributed by atoms with Crippen LogP contribution in [0.15, 0.2) is 18.2 Å². The SMILES string of the molecule is COC(=O)C(C)(N)c1ccc2c(c1)CCC2. The monoisotopic (exact) mass is 219 g/mol. The minimum atomic E-state index is -1.05. The van der Waals surface area contributed by atoms with Crippen LogP contribution >= 0.6 is 0 Å². The van der Waals surface area contributed by atoms with Crippen molar-refractivity contribution in [1.82, 2.24) is 0 Å². The highest BCUT2D eigenvalue weighted by molar-refractivity contribution is 5.81. The molecule has 0 aliphatic heterocycles. The predicted molar refractivity (Wildman–Crippen MR) is 62.0 cm³/mol. The van der Waals surface area contributed by atoms with Crippen molar-refractivity contribution in [1.29, 1.82) is 0 Å². The van der Waals surface area contributed by atoms with E-state index in [0.29, 0.717) is 0 Å². The summed E-state index contributed by atoms with van der Waals surface area (Å²) < 4.78 is 4.72. The van der Waals surface area contributed by atoms with Gasteiger partial charge in [0, 0.05) is 0 Å². The second-order valence-corrected chi connectivity index (χ2v) is 4.53. The Bertz CT molecular complexity index is 424. The Labute approximate surface area is 95.6 Å². The third kappa shape index (κ3) is 1.71. The van der Waals surface area contributed by atoms with Gasteiger partial charge in [-0.05, 0) is 42.9 Å². The Hall–Kier alpha value is -1.35. The Balaban J connectivity index is 2.37. The number of aryl methyl sites for hydroxylation is 2. The normalized spacial score (nSPS) is 17.7. The molecule has 0 heterocycles. The van der Waals surface area contributed by atoms with Crippen LogP contribution in [-0.2, 0) is 27.9 Å². The molecule has 3 heteroatoms. The highest BCUT2D eigenvalue weighted by atomic mass is 16.5. The molecule has 0 aromatic heterocycles. The van der Waals surface area contributed by atoms with Crippen LogP contribution in [0.25, 0.3) is 0 Å². The average molecular weight is 219 g/mol. The maximum Gasteiger partial charge on any atom is 0.330 e. The van der Waals surface area contributed by atoms with Crippen LogP contribution in [0.5, 0.6) is 0 Å². The van der Waals surface area contributed by atoms with E-state index in [1.54, 1.807) is 6.92 Å². The maximum atomic E-state index is 11.6. The number of nitrogens with two attached hydrogens (primary N) is 1. The zero-order valence-electron chi connectivity index (χ0n) is 9.75. The molecule has 1 aromatic carbocycles. The molecular formula is C13H17NO2. The van der Waals surface area contributed by atoms with E-state index in [9.17, 15) is 4.79 Å². The number of ether oxygens (including phenoxy) is 1. The van der Waals surface area contributed by atoms with Gasteiger partial charge in [0.1, 0.15) is 5.54 Å². The van der Waals surface area contributed by atoms with Crippen molar-refractivity contribution in [3.8, 4) is 0 Å². The zero-order valence-corrected chi connectivity index (χ0v) is 9.75. The molecule has 0 fully saturated rings. The summed E-state index contributed by atoms with van der Waals surface area (Å²) in [6.07, 6.45) is 3.41. The average Bonchev–Trinajstić information content (AvgIpc) is 2.74. The molecule has 1 aliphatic rings. The van der Waals surface area contributed by atoms with E-state index >= 15 is 0 Å². The number of carbonyl (C=O) groups excluding carboxylic acids is 1. The first-order valence-corrected chi connectivity index (χ1v) is 5.55. The molecule has 0 saturated carbocycles. The summed E-state index contributed by atoms with van der Waals surface area (Å²) in [5, 5.41) is 0. The summed E-state index contributed by atoms with van der Waals surface area (Å²) in [5.74, 6) is -0.398. The lowest BCUT2D eigenvalue weighted by Gasteiger charge is -2.22. The number of esters is 1. The van der Waals surface area contributed by atoms with E-state index in [1.165, 1.54) is 24.7 Å². The van der Waals surface area contributed by atoms with Gasteiger partial charge in [0.25, 0.3) is 0 Å². The standard InChI is InChI=1S/C13H17NO2/c1-13(14,12(15)16-2)11-7-6-9-4-3-5-10(9)8-11/h6-8H,3-5,14H2,1-2H3. The highest BCUT2D eigenvalue weighted by Crippen LogP contribution is 2.27. The summed E-state index contributed by atoms with van der Waals surface area (Å²) in [4.78, 5) is 11.6. The van der Waals surface area contributed by atoms with Crippen LogP contribution in [-0.4, -0.2) is 13.1 Å². The Morgan fingerprint density at radius 2 is 2.06 bits per heavy atom. The van der Waals surface area contributed by atoms with Crippen LogP contribution < -0.4 is 5.73 Å². The molecule has 1 aliphatic carbocycles. The first-order chi connectivity index (χ1) is 7.55. The van der Waals surface area contributed by atoms with E-state index in [4.69, 9.17) is 10.5 Å². The van der Waals surface area contributed by atoms with Gasteiger partial charge in [-0.25, -0.2) is 4.79 Å². The van der Waals surface area contributed by atoms with Crippen molar-refractivity contribution in [3.63, 3.8) is 0 Å². The molecule has 0 saturated heterocycles. The van der Waals surface area contributed by atoms with Crippen molar-refractivity contribution in [2.24, 2.45) is 5.73 Å². The van der Waals surface area contributed by atoms with Gasteiger partial charge in [-0.3, -0.25) is 0 Å². The van der Waals surface area contributed by atoms with E-state index in [1.807, 2.05) is 12.1 Å². The predicted octanol–water partition coefficient (Wildman–Crippen LogP) is 1.52. The van der Waals surface area contributed by atoms with Crippen LogP contribution in [0.3, 0.4) is 0 Å². The lowest BCUT2D eigenvalue weighted by Crippen LogP contribution is -2.42. The highest BCUT2D eigenvalue weighted by Gasteiger charge is 2.32. The largest absolute Gasteiger partial charge is 0.467 e. The van der Waals surface area contributed by atoms with Crippen LogP contribution in [0.2, 0.25) is 0 Å². The molecule has 1 atom stereocenters. The van der Waals surface area contributed by atoms with Crippen molar-refractivity contribution < 1.29 is 9.53 Å². The van der Waals surface area contributed by atoms with E-state index in [-0.39, 0.29) is 0 Å². The molecule has 86 valence electrons. The lowest BCUT2D eigenvalue weighted by atomic mass is 9.91. The minimum Gasteiger partial charge on any atom is -0.467 e. The summed E-state index contributed by atoms with van der Waals surface area (Å²) in [7, 11) is 1.36. The number of hydrogen-bond acceptors (Lipinski definition) is 3. The lowest BCUT2D eigenvalue weighted by molar-refractivity contribution is -0.146. The Kier molecular flexibility index (Phi) is 2.72. The molecule has 1 unspecified atom stereocenters. The summed E-state index contributed by atoms with van der Waals surface area (Å²) in [6, 6.07) is 6.05. The van der Waals surface area contributed by atoms with E-state index < -0.39 is 11.5 Å². The Morgan fingerprint density at radius 3 is 2.75 bits per heavy atom. The van der Waals surface area contributed by atoms with Gasteiger partial charge < -0.3 is 10.5 Å². The number of methoxy groups -OCH3 is 1. The smallest absolute Gasteiger partial charge is 0.330 e. The topological polar surface area (TPSA) is 52.3 Å². The Morgan fingerprint density at radius 1 is 1.38 bits per heavy atom. The molecule has 0 amide bonds. The molecule has 2 rings (SSSR count). The van der Waals surface area contributed by atoms with E-state index in [2.05, 4.69) is 6.07 Å². The third-order valence-electron chi connectivity index (χ3n) is 3.31. The second kappa shape index (κ2) is 3.91. The van der Waals surface area contributed by atoms with Gasteiger partial charge in [-0.1, -0.05) is 18.2 Å². The number of rotatable bonds is 2. The molecule has 0 radical (unpaired) electrons. The van der Waals surface area contributed by atoms with Crippen molar-refractivity contribution in [3.05, 3.63) is 34.9 Å². The maximum absolute atomic E-state index is 11.6. The van der Waals surface area contributed by atoms with Gasteiger partial charge in [0.05, 0.1) is 7.11 Å². The third-order valence-corrected chi connectivity index (χ3v) is 3.31. The first-order valence-electron chi connectivity index (χ1n) is 5.55. The number of fused-ring (bicyclic) bond motifs is 1. The first kappa shape index (κ1) is 11.1. The van der Waals surface area contributed by atoms with E-state index in [0.717, 1.165) is 18.4 Å². The summed E-state index contributed by atoms with van der Waals surface area (Å²) in [5.41, 5.74) is 8.49. The molecule has 0 spiro atoms. The van der Waals surface area contributed by atoms with Crippen LogP contribution in [0.1, 0.15) is 30.0 Å². The van der Waals surface area contributed by atoms with Crippen LogP contribution in [0, 0.1) is 0 Å². The fourth-order valence-corrected chi connectivity index (χ4v) is 2.22. The molecule has 0 bridgehead atoms. The van der Waals surface area contributed by atoms with Gasteiger partial charge in [0.2, 0.25) is 0 Å². The van der Waals surface area contributed by atoms with Gasteiger partial charge in [0.15, 0.2) is 0 Å². The molecule has 3 nitrogen and oxygen atoms in total. The number of carbonyl (C=O) groups is 1. The molecular weight excluding hydrogens is 202 g/mol.